The van der Waals surface area contributed by atoms with Gasteiger partial charge in [0.15, 0.2) is 0 Å². The molecular formula is C19H28FNO2. The van der Waals surface area contributed by atoms with E-state index in [1.807, 2.05) is 6.08 Å². The highest BCUT2D eigenvalue weighted by molar-refractivity contribution is 5.45. The molecule has 0 unspecified atom stereocenters. The van der Waals surface area contributed by atoms with E-state index < -0.39 is 24.4 Å². The van der Waals surface area contributed by atoms with Gasteiger partial charge in [0.25, 0.3) is 0 Å². The molecule has 0 heterocycles. The van der Waals surface area contributed by atoms with Gasteiger partial charge < -0.3 is 15.9 Å². The van der Waals surface area contributed by atoms with Gasteiger partial charge in [0, 0.05) is 11.5 Å². The number of aliphatic hydroxyl groups excluding tert-OH is 2. The number of hydrogen-bond acceptors (Lipinski definition) is 3. The van der Waals surface area contributed by atoms with Crippen LogP contribution in [0.2, 0.25) is 0 Å². The highest BCUT2D eigenvalue weighted by Gasteiger charge is 2.58. The van der Waals surface area contributed by atoms with Gasteiger partial charge in [-0.3, -0.25) is 0 Å². The van der Waals surface area contributed by atoms with Crippen molar-refractivity contribution in [2.45, 2.75) is 76.8 Å². The first-order valence-electron chi connectivity index (χ1n) is 8.98. The van der Waals surface area contributed by atoms with Crippen LogP contribution >= 0.6 is 0 Å². The number of halogens is 1. The Balaban J connectivity index is 1.83. The predicted octanol–water partition coefficient (Wildman–Crippen LogP) is 2.62. The molecule has 3 nitrogen and oxygen atoms in total. The zero-order valence-corrected chi connectivity index (χ0v) is 14.1. The second-order valence-corrected chi connectivity index (χ2v) is 8.62. The van der Waals surface area contributed by atoms with Crippen LogP contribution in [0, 0.1) is 16.7 Å². The van der Waals surface area contributed by atoms with Crippen LogP contribution in [0.5, 0.6) is 0 Å². The maximum absolute atomic E-state index is 14.4. The molecule has 128 valence electrons. The Morgan fingerprint density at radius 1 is 1.26 bits per heavy atom. The van der Waals surface area contributed by atoms with Crippen molar-refractivity contribution < 1.29 is 14.6 Å². The fraction of sp³-hybridized carbons (Fsp3) is 0.789. The van der Waals surface area contributed by atoms with Crippen LogP contribution in [0.1, 0.15) is 52.4 Å². The predicted molar refractivity (Wildman–Crippen MR) is 87.4 cm³/mol. The summed E-state index contributed by atoms with van der Waals surface area (Å²) in [5.41, 5.74) is 9.48. The quantitative estimate of drug-likeness (QED) is 0.601. The van der Waals surface area contributed by atoms with Gasteiger partial charge in [-0.25, -0.2) is 4.39 Å². The van der Waals surface area contributed by atoms with E-state index in [4.69, 9.17) is 5.73 Å². The van der Waals surface area contributed by atoms with E-state index in [9.17, 15) is 14.6 Å². The first kappa shape index (κ1) is 15.8. The van der Waals surface area contributed by atoms with Gasteiger partial charge in [0.2, 0.25) is 0 Å². The maximum Gasteiger partial charge on any atom is 0.116 e. The molecule has 0 radical (unpaired) electrons. The van der Waals surface area contributed by atoms with Gasteiger partial charge in [0.05, 0.1) is 12.2 Å². The molecule has 0 aliphatic heterocycles. The zero-order valence-electron chi connectivity index (χ0n) is 14.1. The third kappa shape index (κ3) is 1.98. The molecule has 4 heteroatoms. The molecule has 4 aliphatic carbocycles. The summed E-state index contributed by atoms with van der Waals surface area (Å²) in [6.45, 7) is 4.35. The van der Waals surface area contributed by atoms with Crippen LogP contribution in [-0.4, -0.2) is 34.6 Å². The summed E-state index contributed by atoms with van der Waals surface area (Å²) in [5.74, 6) is 0.0662. The molecule has 0 bridgehead atoms. The largest absolute Gasteiger partial charge is 0.389 e. The molecule has 1 fully saturated rings. The van der Waals surface area contributed by atoms with Crippen LogP contribution in [0.4, 0.5) is 4.39 Å². The summed E-state index contributed by atoms with van der Waals surface area (Å²) in [4.78, 5) is 0. The third-order valence-electron chi connectivity index (χ3n) is 7.53. The molecule has 0 aromatic heterocycles. The Morgan fingerprint density at radius 2 is 2.00 bits per heavy atom. The van der Waals surface area contributed by atoms with Gasteiger partial charge >= 0.3 is 0 Å². The van der Waals surface area contributed by atoms with E-state index >= 15 is 0 Å². The van der Waals surface area contributed by atoms with Gasteiger partial charge in [-0.05, 0) is 55.4 Å². The SMILES string of the molecule is C[C@]12CC[C@H](O)C=C1C[C@H](O)C1=C2CC[C@@]2(C)[C@H]1C[C@@H](F)[C@@H]2N. The van der Waals surface area contributed by atoms with E-state index in [2.05, 4.69) is 13.8 Å². The van der Waals surface area contributed by atoms with Gasteiger partial charge in [0.1, 0.15) is 6.17 Å². The maximum atomic E-state index is 14.4. The van der Waals surface area contributed by atoms with Gasteiger partial charge in [-0.2, -0.15) is 0 Å². The highest BCUT2D eigenvalue weighted by Crippen LogP contribution is 2.62. The lowest BCUT2D eigenvalue weighted by atomic mass is 9.53. The Kier molecular flexibility index (Phi) is 3.37. The topological polar surface area (TPSA) is 66.5 Å². The van der Waals surface area contributed by atoms with E-state index in [0.717, 1.165) is 31.3 Å². The van der Waals surface area contributed by atoms with Crippen LogP contribution in [0.25, 0.3) is 0 Å². The molecule has 4 rings (SSSR count). The number of hydrogen-bond donors (Lipinski definition) is 3. The Bertz CT molecular complexity index is 600. The van der Waals surface area contributed by atoms with Crippen molar-refractivity contribution in [2.75, 3.05) is 0 Å². The summed E-state index contributed by atoms with van der Waals surface area (Å²) in [6.07, 6.45) is 4.54. The average Bonchev–Trinajstić information content (AvgIpc) is 2.73. The minimum atomic E-state index is -0.970. The number of allylic oxidation sites excluding steroid dienone is 1. The van der Waals surface area contributed by atoms with Crippen molar-refractivity contribution in [3.8, 4) is 0 Å². The lowest BCUT2D eigenvalue weighted by molar-refractivity contribution is 0.0989. The first-order valence-corrected chi connectivity index (χ1v) is 8.98. The summed E-state index contributed by atoms with van der Waals surface area (Å²) < 4.78 is 14.4. The molecule has 7 atom stereocenters. The van der Waals surface area contributed by atoms with Crippen molar-refractivity contribution in [3.05, 3.63) is 22.8 Å². The van der Waals surface area contributed by atoms with Crippen LogP contribution in [0.3, 0.4) is 0 Å². The number of rotatable bonds is 0. The van der Waals surface area contributed by atoms with E-state index in [1.54, 1.807) is 0 Å². The van der Waals surface area contributed by atoms with Crippen LogP contribution in [0.15, 0.2) is 22.8 Å². The Morgan fingerprint density at radius 3 is 2.74 bits per heavy atom. The average molecular weight is 321 g/mol. The zero-order chi connectivity index (χ0) is 16.6. The minimum Gasteiger partial charge on any atom is -0.389 e. The molecule has 4 N–H and O–H groups in total. The molecule has 0 aromatic rings. The molecule has 1 saturated carbocycles. The second kappa shape index (κ2) is 4.90. The normalized spacial score (nSPS) is 52.6. The molecule has 0 spiro atoms. The Labute approximate surface area is 137 Å². The third-order valence-corrected chi connectivity index (χ3v) is 7.53. The summed E-state index contributed by atoms with van der Waals surface area (Å²) in [5, 5.41) is 20.8. The molecule has 4 aliphatic rings. The summed E-state index contributed by atoms with van der Waals surface area (Å²) >= 11 is 0. The van der Waals surface area contributed by atoms with Crippen molar-refractivity contribution in [2.24, 2.45) is 22.5 Å². The van der Waals surface area contributed by atoms with E-state index in [1.165, 1.54) is 11.1 Å². The van der Waals surface area contributed by atoms with Crippen molar-refractivity contribution in [1.29, 1.82) is 0 Å². The number of alkyl halides is 1. The molecule has 23 heavy (non-hydrogen) atoms. The summed E-state index contributed by atoms with van der Waals surface area (Å²) in [7, 11) is 0. The van der Waals surface area contributed by atoms with Crippen molar-refractivity contribution in [3.63, 3.8) is 0 Å². The monoisotopic (exact) mass is 321 g/mol. The highest BCUT2D eigenvalue weighted by atomic mass is 19.1. The van der Waals surface area contributed by atoms with E-state index in [0.29, 0.717) is 12.8 Å². The second-order valence-electron chi connectivity index (χ2n) is 8.62. The van der Waals surface area contributed by atoms with Gasteiger partial charge in [-0.15, -0.1) is 0 Å². The van der Waals surface area contributed by atoms with Crippen molar-refractivity contribution in [1.82, 2.24) is 0 Å². The van der Waals surface area contributed by atoms with Crippen molar-refractivity contribution >= 4 is 0 Å². The minimum absolute atomic E-state index is 0.0619. The standard InChI is InChI=1S/C19H28FNO2/c1-18-5-3-11(22)7-10(18)8-15(23)16-12(18)4-6-19(2)13(16)9-14(20)17(19)21/h7,11,13-15,17,22-23H,3-6,8-9,21H2,1-2H3/t11-,13-,14+,15-,17-,18-,19-/m0/s1. The fourth-order valence-corrected chi connectivity index (χ4v) is 5.94. The van der Waals surface area contributed by atoms with Crippen LogP contribution < -0.4 is 5.73 Å². The Hall–Kier alpha value is -0.710. The lowest BCUT2D eigenvalue weighted by Crippen LogP contribution is -2.48. The van der Waals surface area contributed by atoms with Gasteiger partial charge in [-0.1, -0.05) is 31.1 Å². The smallest absolute Gasteiger partial charge is 0.116 e. The molecule has 0 amide bonds. The molecular weight excluding hydrogens is 293 g/mol. The fourth-order valence-electron chi connectivity index (χ4n) is 5.94. The van der Waals surface area contributed by atoms with E-state index in [-0.39, 0.29) is 16.7 Å². The molecule has 0 saturated heterocycles. The number of aliphatic hydroxyl groups is 2. The number of nitrogens with two attached hydrogens (primary N) is 1. The first-order chi connectivity index (χ1) is 10.8. The molecule has 0 aromatic carbocycles. The summed E-state index contributed by atoms with van der Waals surface area (Å²) in [6, 6.07) is -0.424. The lowest BCUT2D eigenvalue weighted by Gasteiger charge is -2.52. The number of fused-ring (bicyclic) bond motifs is 4. The van der Waals surface area contributed by atoms with Crippen LogP contribution in [-0.2, 0) is 0 Å².